The van der Waals surface area contributed by atoms with Gasteiger partial charge in [0.15, 0.2) is 0 Å². The summed E-state index contributed by atoms with van der Waals surface area (Å²) in [6.07, 6.45) is 0. The molecule has 2 rings (SSSR count). The van der Waals surface area contributed by atoms with Crippen LogP contribution in [0.5, 0.6) is 0 Å². The molecule has 0 aromatic heterocycles. The van der Waals surface area contributed by atoms with Crippen LogP contribution in [0.4, 0.5) is 20.2 Å². The molecule has 0 saturated carbocycles. The fraction of sp³-hybridized carbons (Fsp3) is 0.188. The first kappa shape index (κ1) is 17.9. The minimum absolute atomic E-state index is 0.0298. The Morgan fingerprint density at radius 1 is 1.25 bits per heavy atom. The van der Waals surface area contributed by atoms with Crippen molar-refractivity contribution in [2.24, 2.45) is 0 Å². The van der Waals surface area contributed by atoms with Crippen molar-refractivity contribution >= 4 is 29.0 Å². The summed E-state index contributed by atoms with van der Waals surface area (Å²) >= 11 is 1.21. The smallest absolute Gasteiger partial charge is 0.269 e. The van der Waals surface area contributed by atoms with Crippen LogP contribution in [-0.2, 0) is 4.79 Å². The zero-order valence-electron chi connectivity index (χ0n) is 12.7. The molecule has 5 nitrogen and oxygen atoms in total. The maximum atomic E-state index is 13.5. The lowest BCUT2D eigenvalue weighted by molar-refractivity contribution is -0.384. The topological polar surface area (TPSA) is 72.2 Å². The van der Waals surface area contributed by atoms with Gasteiger partial charge in [-0.15, -0.1) is 11.8 Å². The van der Waals surface area contributed by atoms with E-state index < -0.39 is 28.2 Å². The number of nitro groups is 1. The highest BCUT2D eigenvalue weighted by molar-refractivity contribution is 8.00. The molecule has 1 atom stereocenters. The van der Waals surface area contributed by atoms with Crippen LogP contribution in [0.15, 0.2) is 42.5 Å². The SMILES string of the molecule is C[C@H](SCC(=O)Nc1c(F)cccc1F)c1cccc([N+](=O)[O-])c1. The van der Waals surface area contributed by atoms with Gasteiger partial charge >= 0.3 is 0 Å². The average molecular weight is 352 g/mol. The van der Waals surface area contributed by atoms with Crippen molar-refractivity contribution in [3.63, 3.8) is 0 Å². The second-order valence-corrected chi connectivity index (χ2v) is 6.28. The van der Waals surface area contributed by atoms with E-state index in [0.717, 1.165) is 12.1 Å². The number of hydrogen-bond donors (Lipinski definition) is 1. The monoisotopic (exact) mass is 352 g/mol. The summed E-state index contributed by atoms with van der Waals surface area (Å²) in [4.78, 5) is 22.1. The van der Waals surface area contributed by atoms with Crippen molar-refractivity contribution in [1.29, 1.82) is 0 Å². The Kier molecular flexibility index (Phi) is 5.86. The number of benzene rings is 2. The van der Waals surface area contributed by atoms with Crippen molar-refractivity contribution in [1.82, 2.24) is 0 Å². The number of nitrogens with zero attached hydrogens (tertiary/aromatic N) is 1. The van der Waals surface area contributed by atoms with Gasteiger partial charge in [-0.2, -0.15) is 0 Å². The summed E-state index contributed by atoms with van der Waals surface area (Å²) in [5, 5.41) is 12.8. The van der Waals surface area contributed by atoms with Crippen LogP contribution in [0.25, 0.3) is 0 Å². The van der Waals surface area contributed by atoms with Gasteiger partial charge in [-0.3, -0.25) is 14.9 Å². The molecule has 126 valence electrons. The first-order chi connectivity index (χ1) is 11.4. The van der Waals surface area contributed by atoms with Crippen molar-refractivity contribution in [3.05, 3.63) is 69.8 Å². The van der Waals surface area contributed by atoms with Crippen LogP contribution in [0.2, 0.25) is 0 Å². The summed E-state index contributed by atoms with van der Waals surface area (Å²) < 4.78 is 26.9. The first-order valence-electron chi connectivity index (χ1n) is 6.98. The number of anilines is 1. The quantitative estimate of drug-likeness (QED) is 0.621. The summed E-state index contributed by atoms with van der Waals surface area (Å²) in [6.45, 7) is 1.79. The molecule has 0 heterocycles. The third kappa shape index (κ3) is 4.51. The highest BCUT2D eigenvalue weighted by Crippen LogP contribution is 2.30. The van der Waals surface area contributed by atoms with Crippen LogP contribution in [0, 0.1) is 21.7 Å². The molecule has 2 aromatic rings. The molecule has 0 aliphatic rings. The molecule has 0 radical (unpaired) electrons. The number of nitrogens with one attached hydrogen (secondary N) is 1. The van der Waals surface area contributed by atoms with Gasteiger partial charge in [-0.25, -0.2) is 8.78 Å². The molecular weight excluding hydrogens is 338 g/mol. The van der Waals surface area contributed by atoms with E-state index in [2.05, 4.69) is 5.32 Å². The van der Waals surface area contributed by atoms with Gasteiger partial charge in [-0.1, -0.05) is 18.2 Å². The van der Waals surface area contributed by atoms with Crippen molar-refractivity contribution in [3.8, 4) is 0 Å². The summed E-state index contributed by atoms with van der Waals surface area (Å²) in [5.41, 5.74) is 0.183. The third-order valence-electron chi connectivity index (χ3n) is 3.24. The van der Waals surface area contributed by atoms with Crippen LogP contribution in [-0.4, -0.2) is 16.6 Å². The second kappa shape index (κ2) is 7.87. The Hall–Kier alpha value is -2.48. The van der Waals surface area contributed by atoms with Crippen molar-refractivity contribution in [2.45, 2.75) is 12.2 Å². The minimum Gasteiger partial charge on any atom is -0.320 e. The van der Waals surface area contributed by atoms with E-state index in [9.17, 15) is 23.7 Å². The number of carbonyl (C=O) groups excluding carboxylic acids is 1. The Morgan fingerprint density at radius 2 is 1.88 bits per heavy atom. The molecule has 0 fully saturated rings. The maximum Gasteiger partial charge on any atom is 0.269 e. The van der Waals surface area contributed by atoms with Crippen LogP contribution in [0.3, 0.4) is 0 Å². The van der Waals surface area contributed by atoms with Crippen LogP contribution < -0.4 is 5.32 Å². The van der Waals surface area contributed by atoms with Gasteiger partial charge < -0.3 is 5.32 Å². The minimum atomic E-state index is -0.847. The molecule has 8 heteroatoms. The Bertz CT molecular complexity index is 750. The number of amides is 1. The number of hydrogen-bond acceptors (Lipinski definition) is 4. The molecule has 0 bridgehead atoms. The maximum absolute atomic E-state index is 13.5. The standard InChI is InChI=1S/C16H14F2N2O3S/c1-10(11-4-2-5-12(8-11)20(22)23)24-9-15(21)19-16-13(17)6-3-7-14(16)18/h2-8,10H,9H2,1H3,(H,19,21)/t10-/m0/s1. The fourth-order valence-electron chi connectivity index (χ4n) is 1.98. The molecule has 0 unspecified atom stereocenters. The largest absolute Gasteiger partial charge is 0.320 e. The number of rotatable bonds is 6. The molecular formula is C16H14F2N2O3S. The van der Waals surface area contributed by atoms with E-state index >= 15 is 0 Å². The first-order valence-corrected chi connectivity index (χ1v) is 8.03. The Labute approximate surface area is 141 Å². The highest BCUT2D eigenvalue weighted by Gasteiger charge is 2.15. The molecule has 0 aliphatic carbocycles. The molecule has 24 heavy (non-hydrogen) atoms. The molecule has 0 aliphatic heterocycles. The average Bonchev–Trinajstić information content (AvgIpc) is 2.56. The number of carbonyl (C=O) groups is 1. The van der Waals surface area contributed by atoms with E-state index in [1.165, 1.54) is 30.0 Å². The van der Waals surface area contributed by atoms with Crippen LogP contribution in [0.1, 0.15) is 17.7 Å². The Morgan fingerprint density at radius 3 is 2.50 bits per heavy atom. The summed E-state index contributed by atoms with van der Waals surface area (Å²) in [6, 6.07) is 9.42. The van der Waals surface area contributed by atoms with E-state index in [0.29, 0.717) is 5.56 Å². The van der Waals surface area contributed by atoms with Gasteiger partial charge in [-0.05, 0) is 24.6 Å². The zero-order chi connectivity index (χ0) is 17.7. The number of non-ortho nitro benzene ring substituents is 1. The number of nitro benzene ring substituents is 1. The lowest BCUT2D eigenvalue weighted by atomic mass is 10.1. The van der Waals surface area contributed by atoms with Crippen molar-refractivity contribution in [2.75, 3.05) is 11.1 Å². The van der Waals surface area contributed by atoms with Gasteiger partial charge in [0, 0.05) is 17.4 Å². The highest BCUT2D eigenvalue weighted by atomic mass is 32.2. The van der Waals surface area contributed by atoms with E-state index in [1.807, 2.05) is 0 Å². The van der Waals surface area contributed by atoms with Gasteiger partial charge in [0.2, 0.25) is 5.91 Å². The number of thioether (sulfide) groups is 1. The molecule has 0 spiro atoms. The predicted molar refractivity (Wildman–Crippen MR) is 89.0 cm³/mol. The summed E-state index contributed by atoms with van der Waals surface area (Å²) in [7, 11) is 0. The normalized spacial score (nSPS) is 11.8. The van der Waals surface area contributed by atoms with E-state index in [4.69, 9.17) is 0 Å². The van der Waals surface area contributed by atoms with Crippen molar-refractivity contribution < 1.29 is 18.5 Å². The van der Waals surface area contributed by atoms with E-state index in [-0.39, 0.29) is 16.7 Å². The molecule has 0 saturated heterocycles. The lowest BCUT2D eigenvalue weighted by Crippen LogP contribution is -2.16. The summed E-state index contributed by atoms with van der Waals surface area (Å²) in [5.74, 6) is -2.29. The Balaban J connectivity index is 1.96. The molecule has 1 N–H and O–H groups in total. The number of halogens is 2. The predicted octanol–water partition coefficient (Wildman–Crippen LogP) is 4.31. The van der Waals surface area contributed by atoms with Gasteiger partial charge in [0.25, 0.3) is 5.69 Å². The zero-order valence-corrected chi connectivity index (χ0v) is 13.5. The lowest BCUT2D eigenvalue weighted by Gasteiger charge is -2.12. The fourth-order valence-corrected chi connectivity index (χ4v) is 2.79. The van der Waals surface area contributed by atoms with E-state index in [1.54, 1.807) is 19.1 Å². The van der Waals surface area contributed by atoms with Gasteiger partial charge in [0.1, 0.15) is 17.3 Å². The second-order valence-electron chi connectivity index (χ2n) is 4.95. The number of para-hydroxylation sites is 1. The molecule has 2 aromatic carbocycles. The molecule has 1 amide bonds. The van der Waals surface area contributed by atoms with Crippen LogP contribution >= 0.6 is 11.8 Å². The third-order valence-corrected chi connectivity index (χ3v) is 4.44. The van der Waals surface area contributed by atoms with Gasteiger partial charge in [0.05, 0.1) is 10.7 Å².